The summed E-state index contributed by atoms with van der Waals surface area (Å²) < 4.78 is 66.4. The number of nitrogens with one attached hydrogen (secondary N) is 2. The van der Waals surface area contributed by atoms with Crippen LogP contribution in [0.2, 0.25) is 0 Å². The Morgan fingerprint density at radius 3 is 2.19 bits per heavy atom. The molecule has 116 valence electrons. The van der Waals surface area contributed by atoms with Crippen LogP contribution in [0.25, 0.3) is 0 Å². The van der Waals surface area contributed by atoms with Crippen molar-refractivity contribution in [3.05, 3.63) is 29.6 Å². The number of hydrogen-bond acceptors (Lipinski definition) is 3. The highest BCUT2D eigenvalue weighted by Gasteiger charge is 2.36. The molecule has 0 aliphatic carbocycles. The van der Waals surface area contributed by atoms with Gasteiger partial charge in [0.2, 0.25) is 10.0 Å². The SMILES string of the molecule is O=S(=O)(NC1CC2CCC(C1)N2)c1cc(F)c(F)cc1F. The average Bonchev–Trinajstić information content (AvgIpc) is 2.72. The highest BCUT2D eigenvalue weighted by Crippen LogP contribution is 2.28. The second-order valence-corrected chi connectivity index (χ2v) is 7.31. The number of fused-ring (bicyclic) bond motifs is 2. The highest BCUT2D eigenvalue weighted by molar-refractivity contribution is 7.89. The van der Waals surface area contributed by atoms with Gasteiger partial charge in [0.05, 0.1) is 0 Å². The molecule has 2 saturated heterocycles. The molecule has 2 heterocycles. The van der Waals surface area contributed by atoms with Crippen LogP contribution in [0.5, 0.6) is 0 Å². The van der Waals surface area contributed by atoms with E-state index in [0.29, 0.717) is 18.9 Å². The molecule has 0 radical (unpaired) electrons. The summed E-state index contributed by atoms with van der Waals surface area (Å²) in [7, 11) is -4.21. The number of halogens is 3. The quantitative estimate of drug-likeness (QED) is 0.833. The molecule has 2 atom stereocenters. The summed E-state index contributed by atoms with van der Waals surface area (Å²) in [4.78, 5) is -0.854. The lowest BCUT2D eigenvalue weighted by molar-refractivity contribution is 0.344. The van der Waals surface area contributed by atoms with Gasteiger partial charge in [-0.15, -0.1) is 0 Å². The molecular weight excluding hydrogens is 305 g/mol. The monoisotopic (exact) mass is 320 g/mol. The van der Waals surface area contributed by atoms with E-state index >= 15 is 0 Å². The maximum atomic E-state index is 13.6. The van der Waals surface area contributed by atoms with Crippen molar-refractivity contribution >= 4 is 10.0 Å². The number of sulfonamides is 1. The second-order valence-electron chi connectivity index (χ2n) is 5.62. The Balaban J connectivity index is 1.82. The molecule has 1 aromatic rings. The van der Waals surface area contributed by atoms with E-state index in [1.165, 1.54) is 0 Å². The van der Waals surface area contributed by atoms with Crippen LogP contribution in [0.1, 0.15) is 25.7 Å². The minimum absolute atomic E-state index is 0.246. The Kier molecular flexibility index (Phi) is 3.71. The van der Waals surface area contributed by atoms with Crippen molar-refractivity contribution in [1.29, 1.82) is 0 Å². The summed E-state index contributed by atoms with van der Waals surface area (Å²) in [6.45, 7) is 0. The molecule has 1 aromatic carbocycles. The van der Waals surface area contributed by atoms with Crippen molar-refractivity contribution in [2.45, 2.75) is 48.7 Å². The molecule has 2 aliphatic rings. The third kappa shape index (κ3) is 2.93. The zero-order valence-corrected chi connectivity index (χ0v) is 11.9. The Bertz CT molecular complexity index is 654. The second kappa shape index (κ2) is 5.26. The van der Waals surface area contributed by atoms with E-state index in [1.807, 2.05) is 0 Å². The van der Waals surface area contributed by atoms with Crippen molar-refractivity contribution in [2.24, 2.45) is 0 Å². The molecule has 2 aliphatic heterocycles. The van der Waals surface area contributed by atoms with Crippen LogP contribution in [0, 0.1) is 17.5 Å². The summed E-state index contributed by atoms with van der Waals surface area (Å²) in [6.07, 6.45) is 3.20. The molecule has 8 heteroatoms. The van der Waals surface area contributed by atoms with Gasteiger partial charge >= 0.3 is 0 Å². The van der Waals surface area contributed by atoms with Crippen LogP contribution in [-0.2, 0) is 10.0 Å². The zero-order chi connectivity index (χ0) is 15.2. The van der Waals surface area contributed by atoms with Gasteiger partial charge in [0.25, 0.3) is 0 Å². The normalized spacial score (nSPS) is 28.8. The molecule has 0 spiro atoms. The maximum absolute atomic E-state index is 13.6. The predicted octanol–water partition coefficient (Wildman–Crippen LogP) is 1.67. The van der Waals surface area contributed by atoms with Crippen molar-refractivity contribution < 1.29 is 21.6 Å². The van der Waals surface area contributed by atoms with Crippen LogP contribution in [0.3, 0.4) is 0 Å². The maximum Gasteiger partial charge on any atom is 0.243 e. The molecule has 0 aromatic heterocycles. The van der Waals surface area contributed by atoms with Gasteiger partial charge in [-0.3, -0.25) is 0 Å². The number of benzene rings is 1. The lowest BCUT2D eigenvalue weighted by atomic mass is 10.0. The minimum Gasteiger partial charge on any atom is -0.311 e. The molecule has 2 bridgehead atoms. The first-order valence-electron chi connectivity index (χ1n) is 6.78. The minimum atomic E-state index is -4.21. The smallest absolute Gasteiger partial charge is 0.243 e. The Hall–Kier alpha value is -1.12. The summed E-state index contributed by atoms with van der Waals surface area (Å²) >= 11 is 0. The fraction of sp³-hybridized carbons (Fsp3) is 0.538. The van der Waals surface area contributed by atoms with Gasteiger partial charge in [-0.05, 0) is 31.7 Å². The topological polar surface area (TPSA) is 58.2 Å². The van der Waals surface area contributed by atoms with Crippen LogP contribution in [0.15, 0.2) is 17.0 Å². The average molecular weight is 320 g/mol. The van der Waals surface area contributed by atoms with Gasteiger partial charge in [-0.25, -0.2) is 26.3 Å². The van der Waals surface area contributed by atoms with E-state index in [1.54, 1.807) is 0 Å². The van der Waals surface area contributed by atoms with E-state index in [9.17, 15) is 21.6 Å². The first kappa shape index (κ1) is 14.8. The summed E-state index contributed by atoms with van der Waals surface area (Å²) in [5, 5.41) is 3.36. The molecule has 2 N–H and O–H groups in total. The molecular formula is C13H15F3N2O2S. The van der Waals surface area contributed by atoms with E-state index in [2.05, 4.69) is 10.0 Å². The van der Waals surface area contributed by atoms with Gasteiger partial charge < -0.3 is 5.32 Å². The lowest BCUT2D eigenvalue weighted by Gasteiger charge is -2.29. The van der Waals surface area contributed by atoms with Crippen LogP contribution >= 0.6 is 0 Å². The molecule has 2 unspecified atom stereocenters. The van der Waals surface area contributed by atoms with Gasteiger partial charge in [0.1, 0.15) is 10.7 Å². The molecule has 2 fully saturated rings. The third-order valence-electron chi connectivity index (χ3n) is 4.06. The fourth-order valence-corrected chi connectivity index (χ4v) is 4.48. The standard InChI is InChI=1S/C13H15F3N2O2S/c14-10-5-12(16)13(6-11(10)15)21(19,20)18-9-3-7-1-2-8(4-9)17-7/h5-9,17-18H,1-4H2. The number of hydrogen-bond donors (Lipinski definition) is 2. The zero-order valence-electron chi connectivity index (χ0n) is 11.1. The largest absolute Gasteiger partial charge is 0.311 e. The van der Waals surface area contributed by atoms with Crippen molar-refractivity contribution in [3.63, 3.8) is 0 Å². The fourth-order valence-electron chi connectivity index (χ4n) is 3.15. The van der Waals surface area contributed by atoms with Crippen molar-refractivity contribution in [3.8, 4) is 0 Å². The molecule has 0 amide bonds. The summed E-state index contributed by atoms with van der Waals surface area (Å²) in [5.41, 5.74) is 0. The Labute approximate surface area is 120 Å². The van der Waals surface area contributed by atoms with Crippen molar-refractivity contribution in [1.82, 2.24) is 10.0 Å². The van der Waals surface area contributed by atoms with E-state index in [0.717, 1.165) is 12.8 Å². The summed E-state index contributed by atoms with van der Waals surface area (Å²) in [5.74, 6) is -4.09. The molecule has 3 rings (SSSR count). The van der Waals surface area contributed by atoms with Crippen LogP contribution in [-0.4, -0.2) is 26.5 Å². The van der Waals surface area contributed by atoms with Gasteiger partial charge in [-0.2, -0.15) is 0 Å². The van der Waals surface area contributed by atoms with E-state index < -0.39 is 32.4 Å². The van der Waals surface area contributed by atoms with Gasteiger partial charge in [-0.1, -0.05) is 0 Å². The van der Waals surface area contributed by atoms with Crippen molar-refractivity contribution in [2.75, 3.05) is 0 Å². The number of rotatable bonds is 3. The predicted molar refractivity (Wildman–Crippen MR) is 69.6 cm³/mol. The van der Waals surface area contributed by atoms with Gasteiger partial charge in [0.15, 0.2) is 11.6 Å². The third-order valence-corrected chi connectivity index (χ3v) is 5.59. The molecule has 21 heavy (non-hydrogen) atoms. The molecule has 0 saturated carbocycles. The first-order chi connectivity index (χ1) is 9.85. The Morgan fingerprint density at radius 1 is 1.00 bits per heavy atom. The molecule has 4 nitrogen and oxygen atoms in total. The Morgan fingerprint density at radius 2 is 1.57 bits per heavy atom. The summed E-state index contributed by atoms with van der Waals surface area (Å²) in [6, 6.07) is 0.817. The van der Waals surface area contributed by atoms with Gasteiger partial charge in [0, 0.05) is 24.2 Å². The number of piperidine rings is 1. The lowest BCUT2D eigenvalue weighted by Crippen LogP contribution is -2.48. The van der Waals surface area contributed by atoms with Crippen LogP contribution in [0.4, 0.5) is 13.2 Å². The van der Waals surface area contributed by atoms with Crippen LogP contribution < -0.4 is 10.0 Å². The first-order valence-corrected chi connectivity index (χ1v) is 8.26. The van der Waals surface area contributed by atoms with E-state index in [4.69, 9.17) is 0 Å². The van der Waals surface area contributed by atoms with E-state index in [-0.39, 0.29) is 24.2 Å². The highest BCUT2D eigenvalue weighted by atomic mass is 32.2.